The number of carboxylic acid groups (broad SMARTS) is 1. The van der Waals surface area contributed by atoms with Crippen molar-refractivity contribution in [3.8, 4) is 28.7 Å². The molecule has 0 bridgehead atoms. The van der Waals surface area contributed by atoms with Crippen LogP contribution >= 0.6 is 0 Å². The van der Waals surface area contributed by atoms with Gasteiger partial charge < -0.3 is 19.0 Å². The molecule has 4 rings (SSSR count). The van der Waals surface area contributed by atoms with E-state index in [4.69, 9.17) is 19.0 Å². The van der Waals surface area contributed by atoms with Crippen molar-refractivity contribution < 1.29 is 23.8 Å². The van der Waals surface area contributed by atoms with Gasteiger partial charge in [0.05, 0.1) is 12.9 Å². The average molecular weight is 455 g/mol. The van der Waals surface area contributed by atoms with Crippen molar-refractivity contribution in [2.75, 3.05) is 13.7 Å². The second-order valence-corrected chi connectivity index (χ2v) is 7.89. The summed E-state index contributed by atoms with van der Waals surface area (Å²) in [4.78, 5) is 11.1. The zero-order chi connectivity index (χ0) is 23.8. The van der Waals surface area contributed by atoms with Crippen molar-refractivity contribution in [2.24, 2.45) is 0 Å². The van der Waals surface area contributed by atoms with Crippen molar-refractivity contribution in [1.29, 1.82) is 0 Å². The standard InChI is InChI=1S/C29H26O5/c1-32-28(29(30)31)18-22-13-11-21(12-14-22)8-4-3-7-17-33-24-15-16-25-26(20-34-27(25)19-24)23-9-5-2-6-10-23/h2,5-6,9-16,19-20,28H,3,7,17-18H2,1H3,(H,30,31)/t28-/m0/s1. The van der Waals surface area contributed by atoms with Gasteiger partial charge in [-0.05, 0) is 41.8 Å². The van der Waals surface area contributed by atoms with Crippen LogP contribution in [0.1, 0.15) is 24.0 Å². The molecule has 1 atom stereocenters. The summed E-state index contributed by atoms with van der Waals surface area (Å²) in [5, 5.41) is 10.1. The Kier molecular flexibility index (Phi) is 7.64. The SMILES string of the molecule is CO[C@@H](Cc1ccc(C#CCCCOc2ccc3c(-c4ccccc4)coc3c2)cc1)C(=O)O. The Bertz CT molecular complexity index is 1290. The van der Waals surface area contributed by atoms with Gasteiger partial charge in [-0.15, -0.1) is 0 Å². The molecule has 0 unspecified atom stereocenters. The molecule has 1 aromatic heterocycles. The molecule has 0 fully saturated rings. The molecule has 0 saturated carbocycles. The Labute approximate surface area is 198 Å². The smallest absolute Gasteiger partial charge is 0.333 e. The zero-order valence-corrected chi connectivity index (χ0v) is 19.0. The van der Waals surface area contributed by atoms with Gasteiger partial charge in [0.25, 0.3) is 0 Å². The monoisotopic (exact) mass is 454 g/mol. The molecule has 0 saturated heterocycles. The number of methoxy groups -OCH3 is 1. The molecule has 0 amide bonds. The van der Waals surface area contributed by atoms with Gasteiger partial charge in [-0.2, -0.15) is 0 Å². The third kappa shape index (κ3) is 5.86. The second-order valence-electron chi connectivity index (χ2n) is 7.89. The summed E-state index contributed by atoms with van der Waals surface area (Å²) in [5.74, 6) is 6.11. The molecule has 4 aromatic rings. The highest BCUT2D eigenvalue weighted by atomic mass is 16.5. The summed E-state index contributed by atoms with van der Waals surface area (Å²) < 4.78 is 16.6. The van der Waals surface area contributed by atoms with E-state index in [1.54, 1.807) is 6.26 Å². The second kappa shape index (κ2) is 11.2. The molecule has 5 heteroatoms. The van der Waals surface area contributed by atoms with E-state index in [1.807, 2.05) is 60.7 Å². The van der Waals surface area contributed by atoms with Crippen LogP contribution in [0.2, 0.25) is 0 Å². The van der Waals surface area contributed by atoms with Gasteiger partial charge in [-0.3, -0.25) is 0 Å². The van der Waals surface area contributed by atoms with Crippen molar-refractivity contribution in [3.63, 3.8) is 0 Å². The molecule has 1 N–H and O–H groups in total. The quantitative estimate of drug-likeness (QED) is 0.250. The molecule has 34 heavy (non-hydrogen) atoms. The maximum atomic E-state index is 11.1. The van der Waals surface area contributed by atoms with Gasteiger partial charge in [0, 0.05) is 42.5 Å². The van der Waals surface area contributed by atoms with E-state index in [1.165, 1.54) is 7.11 Å². The van der Waals surface area contributed by atoms with Gasteiger partial charge in [0.2, 0.25) is 0 Å². The van der Waals surface area contributed by atoms with E-state index in [2.05, 4.69) is 24.0 Å². The third-order valence-corrected chi connectivity index (χ3v) is 5.51. The van der Waals surface area contributed by atoms with Gasteiger partial charge in [-0.1, -0.05) is 54.3 Å². The zero-order valence-electron chi connectivity index (χ0n) is 19.0. The van der Waals surface area contributed by atoms with E-state index < -0.39 is 12.1 Å². The number of aliphatic carboxylic acids is 1. The molecule has 1 heterocycles. The Balaban J connectivity index is 1.25. The highest BCUT2D eigenvalue weighted by Crippen LogP contribution is 2.32. The molecular weight excluding hydrogens is 428 g/mol. The summed E-state index contributed by atoms with van der Waals surface area (Å²) in [6.45, 7) is 0.568. The Morgan fingerprint density at radius 1 is 1.06 bits per heavy atom. The van der Waals surface area contributed by atoms with Gasteiger partial charge in [-0.25, -0.2) is 4.79 Å². The Hall–Kier alpha value is -4.01. The van der Waals surface area contributed by atoms with Crippen molar-refractivity contribution in [3.05, 3.63) is 90.2 Å². The summed E-state index contributed by atoms with van der Waals surface area (Å²) in [6, 6.07) is 23.7. The fourth-order valence-corrected chi connectivity index (χ4v) is 3.66. The number of hydrogen-bond acceptors (Lipinski definition) is 4. The topological polar surface area (TPSA) is 68.9 Å². The van der Waals surface area contributed by atoms with Crippen LogP contribution in [0.3, 0.4) is 0 Å². The minimum atomic E-state index is -0.963. The number of unbranched alkanes of at least 4 members (excludes halogenated alkanes) is 1. The summed E-state index contributed by atoms with van der Waals surface area (Å²) in [7, 11) is 1.40. The predicted molar refractivity (Wildman–Crippen MR) is 132 cm³/mol. The maximum Gasteiger partial charge on any atom is 0.333 e. The van der Waals surface area contributed by atoms with Gasteiger partial charge >= 0.3 is 5.97 Å². The Morgan fingerprint density at radius 3 is 2.59 bits per heavy atom. The van der Waals surface area contributed by atoms with Crippen LogP contribution < -0.4 is 4.74 Å². The lowest BCUT2D eigenvalue weighted by Gasteiger charge is -2.09. The number of furan rings is 1. The van der Waals surface area contributed by atoms with E-state index in [0.29, 0.717) is 19.4 Å². The fourth-order valence-electron chi connectivity index (χ4n) is 3.66. The first-order valence-corrected chi connectivity index (χ1v) is 11.2. The first-order chi connectivity index (χ1) is 16.6. The molecule has 3 aromatic carbocycles. The van der Waals surface area contributed by atoms with Crippen LogP contribution in [0.15, 0.2) is 83.5 Å². The number of carboxylic acids is 1. The predicted octanol–water partition coefficient (Wildman–Crippen LogP) is 5.95. The first kappa shape index (κ1) is 23.2. The van der Waals surface area contributed by atoms with E-state index in [9.17, 15) is 4.79 Å². The van der Waals surface area contributed by atoms with E-state index in [0.717, 1.165) is 45.4 Å². The normalized spacial score (nSPS) is 11.6. The summed E-state index contributed by atoms with van der Waals surface area (Å²) in [6.07, 6.45) is 2.80. The van der Waals surface area contributed by atoms with Crippen LogP contribution in [0.4, 0.5) is 0 Å². The van der Waals surface area contributed by atoms with Crippen LogP contribution in [-0.4, -0.2) is 30.9 Å². The van der Waals surface area contributed by atoms with Gasteiger partial charge in [0.15, 0.2) is 6.10 Å². The molecule has 0 radical (unpaired) electrons. The number of ether oxygens (including phenoxy) is 2. The van der Waals surface area contributed by atoms with Crippen LogP contribution in [0.25, 0.3) is 22.1 Å². The number of hydrogen-bond donors (Lipinski definition) is 1. The highest BCUT2D eigenvalue weighted by molar-refractivity contribution is 5.94. The molecule has 0 aliphatic carbocycles. The maximum absolute atomic E-state index is 11.1. The first-order valence-electron chi connectivity index (χ1n) is 11.2. The third-order valence-electron chi connectivity index (χ3n) is 5.51. The molecule has 0 aliphatic rings. The number of benzene rings is 3. The lowest BCUT2D eigenvalue weighted by Crippen LogP contribution is -2.24. The van der Waals surface area contributed by atoms with Gasteiger partial charge in [0.1, 0.15) is 11.3 Å². The van der Waals surface area contributed by atoms with Crippen molar-refractivity contribution in [1.82, 2.24) is 0 Å². The number of rotatable bonds is 9. The fraction of sp³-hybridized carbons (Fsp3) is 0.207. The average Bonchev–Trinajstić information content (AvgIpc) is 3.29. The lowest BCUT2D eigenvalue weighted by atomic mass is 10.1. The number of carbonyl (C=O) groups is 1. The molecule has 0 spiro atoms. The molecule has 5 nitrogen and oxygen atoms in total. The Morgan fingerprint density at radius 2 is 1.85 bits per heavy atom. The van der Waals surface area contributed by atoms with E-state index >= 15 is 0 Å². The van der Waals surface area contributed by atoms with Crippen LogP contribution in [0, 0.1) is 11.8 Å². The molecule has 172 valence electrons. The summed E-state index contributed by atoms with van der Waals surface area (Å²) in [5.41, 5.74) is 4.80. The van der Waals surface area contributed by atoms with Crippen molar-refractivity contribution >= 4 is 16.9 Å². The van der Waals surface area contributed by atoms with E-state index in [-0.39, 0.29) is 0 Å². The number of fused-ring (bicyclic) bond motifs is 1. The molecule has 0 aliphatic heterocycles. The lowest BCUT2D eigenvalue weighted by molar-refractivity contribution is -0.148. The molecular formula is C29H26O5. The van der Waals surface area contributed by atoms with Crippen molar-refractivity contribution in [2.45, 2.75) is 25.4 Å². The largest absolute Gasteiger partial charge is 0.493 e. The summed E-state index contributed by atoms with van der Waals surface area (Å²) >= 11 is 0. The minimum Gasteiger partial charge on any atom is -0.493 e. The van der Waals surface area contributed by atoms with Crippen LogP contribution in [-0.2, 0) is 16.0 Å². The highest BCUT2D eigenvalue weighted by Gasteiger charge is 2.16. The van der Waals surface area contributed by atoms with Crippen LogP contribution in [0.5, 0.6) is 5.75 Å². The minimum absolute atomic E-state index is 0.328.